The monoisotopic (exact) mass is 417 g/mol. The van der Waals surface area contributed by atoms with Gasteiger partial charge in [0.25, 0.3) is 0 Å². The largest absolute Gasteiger partial charge is 0.353 e. The van der Waals surface area contributed by atoms with E-state index in [1.54, 1.807) is 29.2 Å². The Morgan fingerprint density at radius 2 is 1.53 bits per heavy atom. The van der Waals surface area contributed by atoms with Crippen LogP contribution >= 0.6 is 0 Å². The Morgan fingerprint density at radius 3 is 2.13 bits per heavy atom. The van der Waals surface area contributed by atoms with Crippen molar-refractivity contribution in [1.29, 1.82) is 0 Å². The van der Waals surface area contributed by atoms with E-state index in [1.165, 1.54) is 0 Å². The maximum atomic E-state index is 12.6. The Morgan fingerprint density at radius 1 is 0.967 bits per heavy atom. The highest BCUT2D eigenvalue weighted by Gasteiger charge is 2.28. The van der Waals surface area contributed by atoms with Crippen molar-refractivity contribution in [2.45, 2.75) is 65.5 Å². The van der Waals surface area contributed by atoms with E-state index in [2.05, 4.69) is 21.3 Å². The summed E-state index contributed by atoms with van der Waals surface area (Å²) in [6.45, 7) is 9.02. The number of nitrogens with zero attached hydrogens (tertiary/aromatic N) is 1. The quantitative estimate of drug-likeness (QED) is 0.543. The third-order valence-corrected chi connectivity index (χ3v) is 5.46. The van der Waals surface area contributed by atoms with E-state index in [0.29, 0.717) is 24.5 Å². The maximum Gasteiger partial charge on any atom is 0.321 e. The molecule has 1 heterocycles. The standard InChI is InChI=1S/C22H35N5O3/c1-5-15(3)23-20(28)17-8-7-13-27(14-17)22(30)26-19-11-9-18(10-12-19)25-21(29)24-16(4)6-2/h9-12,15-17H,5-8,13-14H2,1-4H3,(H,23,28)(H,26,30)(H2,24,25,29). The van der Waals surface area contributed by atoms with Crippen LogP contribution in [-0.4, -0.2) is 48.0 Å². The summed E-state index contributed by atoms with van der Waals surface area (Å²) in [5.74, 6) is -0.151. The zero-order chi connectivity index (χ0) is 22.1. The van der Waals surface area contributed by atoms with Crippen LogP contribution in [0.3, 0.4) is 0 Å². The second-order valence-corrected chi connectivity index (χ2v) is 8.02. The molecule has 4 N–H and O–H groups in total. The SMILES string of the molecule is CCC(C)NC(=O)Nc1ccc(NC(=O)N2CCCC(C(=O)NC(C)CC)C2)cc1. The summed E-state index contributed by atoms with van der Waals surface area (Å²) in [6, 6.07) is 6.74. The molecule has 0 radical (unpaired) electrons. The van der Waals surface area contributed by atoms with Crippen molar-refractivity contribution in [3.05, 3.63) is 24.3 Å². The predicted molar refractivity (Wildman–Crippen MR) is 120 cm³/mol. The summed E-state index contributed by atoms with van der Waals surface area (Å²) in [6.07, 6.45) is 3.34. The number of likely N-dealkylation sites (tertiary alicyclic amines) is 1. The highest BCUT2D eigenvalue weighted by molar-refractivity contribution is 5.92. The molecule has 1 aliphatic heterocycles. The lowest BCUT2D eigenvalue weighted by molar-refractivity contribution is -0.126. The molecule has 2 rings (SSSR count). The second-order valence-electron chi connectivity index (χ2n) is 8.02. The van der Waals surface area contributed by atoms with E-state index >= 15 is 0 Å². The first-order chi connectivity index (χ1) is 14.3. The molecule has 1 aromatic carbocycles. The summed E-state index contributed by atoms with van der Waals surface area (Å²) in [7, 11) is 0. The van der Waals surface area contributed by atoms with Gasteiger partial charge >= 0.3 is 12.1 Å². The molecule has 30 heavy (non-hydrogen) atoms. The van der Waals surface area contributed by atoms with Gasteiger partial charge in [-0.15, -0.1) is 0 Å². The van der Waals surface area contributed by atoms with Crippen LogP contribution in [0.1, 0.15) is 53.4 Å². The lowest BCUT2D eigenvalue weighted by Gasteiger charge is -2.32. The Kier molecular flexibility index (Phi) is 8.95. The van der Waals surface area contributed by atoms with E-state index < -0.39 is 0 Å². The first-order valence-electron chi connectivity index (χ1n) is 10.9. The molecule has 3 unspecified atom stereocenters. The molecule has 1 aromatic rings. The number of anilines is 2. The molecule has 1 aliphatic rings. The van der Waals surface area contributed by atoms with Crippen LogP contribution in [-0.2, 0) is 4.79 Å². The molecule has 5 amide bonds. The van der Waals surface area contributed by atoms with Crippen LogP contribution in [0, 0.1) is 5.92 Å². The smallest absolute Gasteiger partial charge is 0.321 e. The van der Waals surface area contributed by atoms with Gasteiger partial charge in [-0.25, -0.2) is 9.59 Å². The lowest BCUT2D eigenvalue weighted by Crippen LogP contribution is -2.48. The molecule has 0 spiro atoms. The van der Waals surface area contributed by atoms with Crippen LogP contribution in [0.15, 0.2) is 24.3 Å². The van der Waals surface area contributed by atoms with E-state index in [1.807, 2.05) is 27.7 Å². The van der Waals surface area contributed by atoms with Gasteiger partial charge in [0, 0.05) is 36.5 Å². The molecule has 1 saturated heterocycles. The van der Waals surface area contributed by atoms with Crippen LogP contribution in [0.5, 0.6) is 0 Å². The van der Waals surface area contributed by atoms with Crippen molar-refractivity contribution >= 4 is 29.3 Å². The van der Waals surface area contributed by atoms with Crippen LogP contribution < -0.4 is 21.3 Å². The number of nitrogens with one attached hydrogen (secondary N) is 4. The summed E-state index contributed by atoms with van der Waals surface area (Å²) in [5, 5.41) is 11.5. The molecule has 166 valence electrons. The van der Waals surface area contributed by atoms with Gasteiger partial charge in [0.15, 0.2) is 0 Å². The Hall–Kier alpha value is -2.77. The van der Waals surface area contributed by atoms with Crippen molar-refractivity contribution in [1.82, 2.24) is 15.5 Å². The molecule has 0 saturated carbocycles. The molecule has 0 bridgehead atoms. The molecule has 8 nitrogen and oxygen atoms in total. The molecular weight excluding hydrogens is 382 g/mol. The number of hydrogen-bond acceptors (Lipinski definition) is 3. The number of rotatable bonds is 7. The number of hydrogen-bond donors (Lipinski definition) is 4. The number of carbonyl (C=O) groups is 3. The summed E-state index contributed by atoms with van der Waals surface area (Å²) < 4.78 is 0. The Bertz CT molecular complexity index is 722. The Balaban J connectivity index is 1.86. The molecule has 3 atom stereocenters. The highest BCUT2D eigenvalue weighted by atomic mass is 16.2. The van der Waals surface area contributed by atoms with Crippen molar-refractivity contribution < 1.29 is 14.4 Å². The normalized spacial score (nSPS) is 18.1. The minimum Gasteiger partial charge on any atom is -0.353 e. The Labute approximate surface area is 179 Å². The first-order valence-corrected chi connectivity index (χ1v) is 10.9. The minimum atomic E-state index is -0.254. The zero-order valence-corrected chi connectivity index (χ0v) is 18.5. The van der Waals surface area contributed by atoms with Gasteiger partial charge in [-0.05, 0) is 63.8 Å². The fraction of sp³-hybridized carbons (Fsp3) is 0.591. The third-order valence-electron chi connectivity index (χ3n) is 5.46. The minimum absolute atomic E-state index is 0.0212. The average Bonchev–Trinajstić information content (AvgIpc) is 2.74. The van der Waals surface area contributed by atoms with Gasteiger partial charge < -0.3 is 26.2 Å². The molecule has 8 heteroatoms. The zero-order valence-electron chi connectivity index (χ0n) is 18.5. The van der Waals surface area contributed by atoms with Gasteiger partial charge in [0.05, 0.1) is 5.92 Å². The van der Waals surface area contributed by atoms with Crippen LogP contribution in [0.2, 0.25) is 0 Å². The summed E-state index contributed by atoms with van der Waals surface area (Å²) in [5.41, 5.74) is 1.28. The van der Waals surface area contributed by atoms with E-state index in [0.717, 1.165) is 25.7 Å². The molecule has 0 aromatic heterocycles. The van der Waals surface area contributed by atoms with Crippen molar-refractivity contribution in [2.75, 3.05) is 23.7 Å². The summed E-state index contributed by atoms with van der Waals surface area (Å²) >= 11 is 0. The second kappa shape index (κ2) is 11.4. The predicted octanol–water partition coefficient (Wildman–Crippen LogP) is 3.77. The highest BCUT2D eigenvalue weighted by Crippen LogP contribution is 2.19. The van der Waals surface area contributed by atoms with Gasteiger partial charge in [-0.1, -0.05) is 13.8 Å². The molecule has 0 aliphatic carbocycles. The topological polar surface area (TPSA) is 103 Å². The lowest BCUT2D eigenvalue weighted by atomic mass is 9.97. The number of carbonyl (C=O) groups excluding carboxylic acids is 3. The average molecular weight is 418 g/mol. The van der Waals surface area contributed by atoms with E-state index in [4.69, 9.17) is 0 Å². The maximum absolute atomic E-state index is 12.6. The number of amides is 5. The number of urea groups is 2. The van der Waals surface area contributed by atoms with Crippen molar-refractivity contribution in [3.63, 3.8) is 0 Å². The van der Waals surface area contributed by atoms with Crippen LogP contribution in [0.25, 0.3) is 0 Å². The fourth-order valence-electron chi connectivity index (χ4n) is 3.17. The summed E-state index contributed by atoms with van der Waals surface area (Å²) in [4.78, 5) is 38.6. The van der Waals surface area contributed by atoms with Gasteiger partial charge in [-0.3, -0.25) is 4.79 Å². The van der Waals surface area contributed by atoms with E-state index in [9.17, 15) is 14.4 Å². The van der Waals surface area contributed by atoms with Crippen molar-refractivity contribution in [3.8, 4) is 0 Å². The first kappa shape index (κ1) is 23.5. The van der Waals surface area contributed by atoms with Gasteiger partial charge in [-0.2, -0.15) is 0 Å². The van der Waals surface area contributed by atoms with Gasteiger partial charge in [0.1, 0.15) is 0 Å². The van der Waals surface area contributed by atoms with Crippen LogP contribution in [0.4, 0.5) is 21.0 Å². The number of benzene rings is 1. The fourth-order valence-corrected chi connectivity index (χ4v) is 3.17. The molecular formula is C22H35N5O3. The number of piperidine rings is 1. The third kappa shape index (κ3) is 7.24. The molecule has 1 fully saturated rings. The van der Waals surface area contributed by atoms with E-state index in [-0.39, 0.29) is 36.0 Å². The van der Waals surface area contributed by atoms with Crippen molar-refractivity contribution in [2.24, 2.45) is 5.92 Å². The van der Waals surface area contributed by atoms with Gasteiger partial charge in [0.2, 0.25) is 5.91 Å².